The number of rotatable bonds is 6. The Morgan fingerprint density at radius 2 is 1.96 bits per heavy atom. The van der Waals surface area contributed by atoms with Crippen LogP contribution in [0.1, 0.15) is 22.0 Å². The first-order valence-corrected chi connectivity index (χ1v) is 9.32. The van der Waals surface area contributed by atoms with Crippen LogP contribution < -0.4 is 10.5 Å². The zero-order chi connectivity index (χ0) is 17.0. The minimum absolute atomic E-state index is 0.0186. The number of amides is 1. The Labute approximate surface area is 140 Å². The number of thiophene rings is 1. The lowest BCUT2D eigenvalue weighted by Gasteiger charge is -2.25. The number of benzene rings is 1. The summed E-state index contributed by atoms with van der Waals surface area (Å²) in [6.45, 7) is 0.413. The minimum atomic E-state index is -3.77. The average Bonchev–Trinajstić information content (AvgIpc) is 2.98. The van der Waals surface area contributed by atoms with Gasteiger partial charge in [-0.15, -0.1) is 11.3 Å². The van der Waals surface area contributed by atoms with Gasteiger partial charge >= 0.3 is 0 Å². The molecule has 0 saturated heterocycles. The number of likely N-dealkylation sites (N-methyl/N-ethyl adjacent to an activating group) is 1. The highest BCUT2D eigenvalue weighted by Crippen LogP contribution is 2.20. The smallest absolute Gasteiger partial charge is 0.252 e. The van der Waals surface area contributed by atoms with Crippen LogP contribution in [0.3, 0.4) is 0 Å². The van der Waals surface area contributed by atoms with Gasteiger partial charge in [-0.3, -0.25) is 4.79 Å². The summed E-state index contributed by atoms with van der Waals surface area (Å²) in [4.78, 5) is 14.2. The fourth-order valence-corrected chi connectivity index (χ4v) is 3.74. The standard InChI is InChI=1S/C15H19N3O3S2/c1-18(2)13(11-6-4-3-5-7-11)9-17-15(19)12-8-14(22-10-12)23(16,20)21/h3-8,10,13H,9H2,1-2H3,(H,17,19)(H2,16,20,21). The number of nitrogens with zero attached hydrogens (tertiary/aromatic N) is 1. The molecule has 0 radical (unpaired) electrons. The summed E-state index contributed by atoms with van der Waals surface area (Å²) in [5, 5.41) is 9.37. The van der Waals surface area contributed by atoms with E-state index in [0.717, 1.165) is 16.9 Å². The number of primary sulfonamides is 1. The third-order valence-corrected chi connectivity index (χ3v) is 5.77. The second-order valence-corrected chi connectivity index (χ2v) is 8.00. The van der Waals surface area contributed by atoms with Crippen LogP contribution in [0.4, 0.5) is 0 Å². The molecule has 6 nitrogen and oxygen atoms in total. The van der Waals surface area contributed by atoms with Crippen LogP contribution in [-0.2, 0) is 10.0 Å². The van der Waals surface area contributed by atoms with Gasteiger partial charge in [0.05, 0.1) is 11.6 Å². The molecule has 8 heteroatoms. The molecule has 1 amide bonds. The maximum Gasteiger partial charge on any atom is 0.252 e. The fraction of sp³-hybridized carbons (Fsp3) is 0.267. The van der Waals surface area contributed by atoms with Crippen molar-refractivity contribution in [2.45, 2.75) is 10.3 Å². The van der Waals surface area contributed by atoms with Crippen LogP contribution in [0.25, 0.3) is 0 Å². The molecule has 0 aliphatic heterocycles. The molecule has 23 heavy (non-hydrogen) atoms. The van der Waals surface area contributed by atoms with Crippen molar-refractivity contribution in [2.24, 2.45) is 5.14 Å². The Balaban J connectivity index is 2.06. The van der Waals surface area contributed by atoms with E-state index in [1.807, 2.05) is 49.3 Å². The highest BCUT2D eigenvalue weighted by Gasteiger charge is 2.18. The van der Waals surface area contributed by atoms with Gasteiger partial charge in [0.25, 0.3) is 5.91 Å². The van der Waals surface area contributed by atoms with Gasteiger partial charge in [0.1, 0.15) is 4.21 Å². The van der Waals surface area contributed by atoms with Crippen molar-refractivity contribution in [3.63, 3.8) is 0 Å². The lowest BCUT2D eigenvalue weighted by molar-refractivity contribution is 0.0942. The molecule has 0 aliphatic carbocycles. The molecule has 1 heterocycles. The molecule has 1 aromatic carbocycles. The van der Waals surface area contributed by atoms with Gasteiger partial charge in [-0.25, -0.2) is 13.6 Å². The van der Waals surface area contributed by atoms with E-state index in [1.165, 1.54) is 11.4 Å². The summed E-state index contributed by atoms with van der Waals surface area (Å²) in [5.41, 5.74) is 1.39. The number of hydrogen-bond acceptors (Lipinski definition) is 5. The maximum atomic E-state index is 12.2. The molecule has 0 bridgehead atoms. The second-order valence-electron chi connectivity index (χ2n) is 5.30. The molecule has 124 valence electrons. The first kappa shape index (κ1) is 17.6. The van der Waals surface area contributed by atoms with Crippen molar-refractivity contribution in [1.29, 1.82) is 0 Å². The van der Waals surface area contributed by atoms with Crippen molar-refractivity contribution in [3.05, 3.63) is 52.9 Å². The fourth-order valence-electron chi connectivity index (χ4n) is 2.15. The van der Waals surface area contributed by atoms with Gasteiger partial charge in [-0.2, -0.15) is 0 Å². The van der Waals surface area contributed by atoms with Crippen LogP contribution in [0.2, 0.25) is 0 Å². The maximum absolute atomic E-state index is 12.2. The number of sulfonamides is 1. The number of hydrogen-bond donors (Lipinski definition) is 2. The first-order valence-electron chi connectivity index (χ1n) is 6.90. The van der Waals surface area contributed by atoms with Crippen molar-refractivity contribution >= 4 is 27.3 Å². The van der Waals surface area contributed by atoms with Gasteiger partial charge in [-0.1, -0.05) is 30.3 Å². The largest absolute Gasteiger partial charge is 0.350 e. The van der Waals surface area contributed by atoms with E-state index in [9.17, 15) is 13.2 Å². The van der Waals surface area contributed by atoms with E-state index < -0.39 is 10.0 Å². The molecule has 2 aromatic rings. The molecule has 1 atom stereocenters. The van der Waals surface area contributed by atoms with E-state index in [-0.39, 0.29) is 16.2 Å². The first-order chi connectivity index (χ1) is 10.8. The molecule has 0 aliphatic rings. The SMILES string of the molecule is CN(C)C(CNC(=O)c1csc(S(N)(=O)=O)c1)c1ccccc1. The van der Waals surface area contributed by atoms with Crippen LogP contribution in [0, 0.1) is 0 Å². The normalized spacial score (nSPS) is 13.0. The van der Waals surface area contributed by atoms with E-state index in [2.05, 4.69) is 5.32 Å². The van der Waals surface area contributed by atoms with E-state index in [0.29, 0.717) is 12.1 Å². The molecule has 1 unspecified atom stereocenters. The number of nitrogens with one attached hydrogen (secondary N) is 1. The van der Waals surface area contributed by atoms with Crippen molar-refractivity contribution < 1.29 is 13.2 Å². The van der Waals surface area contributed by atoms with Gasteiger partial charge < -0.3 is 10.2 Å². The molecule has 0 fully saturated rings. The molecule has 2 rings (SSSR count). The van der Waals surface area contributed by atoms with E-state index in [1.54, 1.807) is 0 Å². The summed E-state index contributed by atoms with van der Waals surface area (Å²) >= 11 is 0.938. The average molecular weight is 353 g/mol. The van der Waals surface area contributed by atoms with Crippen LogP contribution in [0.5, 0.6) is 0 Å². The Bertz CT molecular complexity index is 770. The van der Waals surface area contributed by atoms with Gasteiger partial charge in [0.15, 0.2) is 0 Å². The van der Waals surface area contributed by atoms with Gasteiger partial charge in [-0.05, 0) is 25.7 Å². The Morgan fingerprint density at radius 1 is 1.30 bits per heavy atom. The van der Waals surface area contributed by atoms with Gasteiger partial charge in [0, 0.05) is 11.9 Å². The van der Waals surface area contributed by atoms with Crippen LogP contribution >= 0.6 is 11.3 Å². The number of nitrogens with two attached hydrogens (primary N) is 1. The quantitative estimate of drug-likeness (QED) is 0.822. The number of carbonyl (C=O) groups is 1. The monoisotopic (exact) mass is 353 g/mol. The van der Waals surface area contributed by atoms with E-state index >= 15 is 0 Å². The zero-order valence-electron chi connectivity index (χ0n) is 12.9. The Hall–Kier alpha value is -1.74. The third-order valence-electron chi connectivity index (χ3n) is 3.38. The highest BCUT2D eigenvalue weighted by molar-refractivity contribution is 7.91. The second kappa shape index (κ2) is 7.22. The molecule has 0 spiro atoms. The summed E-state index contributed by atoms with van der Waals surface area (Å²) in [6, 6.07) is 11.2. The molecule has 1 aromatic heterocycles. The lowest BCUT2D eigenvalue weighted by Crippen LogP contribution is -2.34. The van der Waals surface area contributed by atoms with Crippen molar-refractivity contribution in [3.8, 4) is 0 Å². The minimum Gasteiger partial charge on any atom is -0.350 e. The summed E-state index contributed by atoms with van der Waals surface area (Å²) < 4.78 is 22.5. The predicted octanol–water partition coefficient (Wildman–Crippen LogP) is 1.43. The van der Waals surface area contributed by atoms with Crippen LogP contribution in [0.15, 0.2) is 46.0 Å². The molecule has 0 saturated carbocycles. The number of carbonyl (C=O) groups excluding carboxylic acids is 1. The highest BCUT2D eigenvalue weighted by atomic mass is 32.2. The predicted molar refractivity (Wildman–Crippen MR) is 90.9 cm³/mol. The van der Waals surface area contributed by atoms with E-state index in [4.69, 9.17) is 5.14 Å². The topological polar surface area (TPSA) is 92.5 Å². The van der Waals surface area contributed by atoms with Crippen molar-refractivity contribution in [2.75, 3.05) is 20.6 Å². The Kier molecular flexibility index (Phi) is 5.53. The molecular formula is C15H19N3O3S2. The molecular weight excluding hydrogens is 334 g/mol. The van der Waals surface area contributed by atoms with Crippen molar-refractivity contribution in [1.82, 2.24) is 10.2 Å². The van der Waals surface area contributed by atoms with Gasteiger partial charge in [0.2, 0.25) is 10.0 Å². The Morgan fingerprint density at radius 3 is 2.48 bits per heavy atom. The lowest BCUT2D eigenvalue weighted by atomic mass is 10.1. The van der Waals surface area contributed by atoms with Crippen LogP contribution in [-0.4, -0.2) is 39.9 Å². The molecule has 3 N–H and O–H groups in total. The summed E-state index contributed by atoms with van der Waals surface area (Å²) in [7, 11) is 0.103. The zero-order valence-corrected chi connectivity index (χ0v) is 14.5. The summed E-state index contributed by atoms with van der Waals surface area (Å²) in [6.07, 6.45) is 0. The third kappa shape index (κ3) is 4.61. The summed E-state index contributed by atoms with van der Waals surface area (Å²) in [5.74, 6) is -0.320.